The van der Waals surface area contributed by atoms with Gasteiger partial charge in [0, 0.05) is 5.69 Å². The molecule has 0 saturated carbocycles. The van der Waals surface area contributed by atoms with Crippen LogP contribution in [0.3, 0.4) is 0 Å². The minimum absolute atomic E-state index is 0.266. The fourth-order valence-electron chi connectivity index (χ4n) is 2.29. The van der Waals surface area contributed by atoms with E-state index in [1.165, 1.54) is 0 Å². The number of aryl methyl sites for hydroxylation is 2. The maximum Gasteiger partial charge on any atom is 0.319 e. The number of anilines is 1. The smallest absolute Gasteiger partial charge is 0.319 e. The topological polar surface area (TPSA) is 55.4 Å². The largest absolute Gasteiger partial charge is 0.465 e. The molecule has 21 heavy (non-hydrogen) atoms. The molecule has 1 amide bonds. The first-order valence-electron chi connectivity index (χ1n) is 7.22. The third-order valence-corrected chi connectivity index (χ3v) is 3.38. The molecule has 0 aliphatic carbocycles. The lowest BCUT2D eigenvalue weighted by Gasteiger charge is -2.28. The molecule has 0 bridgehead atoms. The van der Waals surface area contributed by atoms with Crippen LogP contribution < -0.4 is 5.32 Å². The third kappa shape index (κ3) is 4.31. The van der Waals surface area contributed by atoms with E-state index in [9.17, 15) is 9.59 Å². The Kier molecular flexibility index (Phi) is 5.53. The van der Waals surface area contributed by atoms with Gasteiger partial charge in [0.05, 0.1) is 6.61 Å². The molecule has 4 heteroatoms. The fraction of sp³-hybridized carbons (Fsp3) is 0.529. The van der Waals surface area contributed by atoms with Crippen molar-refractivity contribution in [3.05, 3.63) is 29.3 Å². The normalized spacial score (nSPS) is 12.7. The summed E-state index contributed by atoms with van der Waals surface area (Å²) in [5.41, 5.74) is 2.20. The Labute approximate surface area is 126 Å². The lowest BCUT2D eigenvalue weighted by Crippen LogP contribution is -2.40. The number of ether oxygens (including phenoxy) is 1. The van der Waals surface area contributed by atoms with Crippen molar-refractivity contribution in [3.8, 4) is 0 Å². The molecule has 1 N–H and O–H groups in total. The maximum absolute atomic E-state index is 12.6. The van der Waals surface area contributed by atoms with Crippen LogP contribution in [0.4, 0.5) is 5.69 Å². The van der Waals surface area contributed by atoms with Crippen LogP contribution in [-0.2, 0) is 14.3 Å². The summed E-state index contributed by atoms with van der Waals surface area (Å²) in [6.07, 6.45) is 0. The Morgan fingerprint density at radius 3 is 2.14 bits per heavy atom. The summed E-state index contributed by atoms with van der Waals surface area (Å²) in [6, 6.07) is 5.80. The average molecular weight is 291 g/mol. The van der Waals surface area contributed by atoms with Crippen LogP contribution in [0, 0.1) is 25.2 Å². The zero-order chi connectivity index (χ0) is 16.2. The minimum atomic E-state index is -0.837. The number of hydrogen-bond donors (Lipinski definition) is 1. The van der Waals surface area contributed by atoms with Gasteiger partial charge in [-0.15, -0.1) is 0 Å². The molecule has 4 nitrogen and oxygen atoms in total. The van der Waals surface area contributed by atoms with Crippen molar-refractivity contribution >= 4 is 17.6 Å². The summed E-state index contributed by atoms with van der Waals surface area (Å²) in [6.45, 7) is 11.4. The van der Waals surface area contributed by atoms with Crippen molar-refractivity contribution in [2.45, 2.75) is 41.5 Å². The standard InChI is InChI=1S/C17H25NO3/c1-7-21-16(20)13(17(4,5)6)15(19)18-14-11(2)9-8-10-12(14)3/h8-10,13H,7H2,1-6H3,(H,18,19). The Bertz CT molecular complexity index is 509. The SMILES string of the molecule is CCOC(=O)C(C(=O)Nc1c(C)cccc1C)C(C)(C)C. The molecule has 0 spiro atoms. The van der Waals surface area contributed by atoms with Crippen LogP contribution in [0.1, 0.15) is 38.8 Å². The summed E-state index contributed by atoms with van der Waals surface area (Å²) < 4.78 is 5.05. The van der Waals surface area contributed by atoms with E-state index in [0.717, 1.165) is 16.8 Å². The molecule has 0 saturated heterocycles. The van der Waals surface area contributed by atoms with Gasteiger partial charge in [-0.2, -0.15) is 0 Å². The highest BCUT2D eigenvalue weighted by Gasteiger charge is 2.39. The molecule has 116 valence electrons. The third-order valence-electron chi connectivity index (χ3n) is 3.38. The number of nitrogens with one attached hydrogen (secondary N) is 1. The molecule has 0 heterocycles. The van der Waals surface area contributed by atoms with Crippen LogP contribution >= 0.6 is 0 Å². The lowest BCUT2D eigenvalue weighted by molar-refractivity contribution is -0.155. The highest BCUT2D eigenvalue weighted by atomic mass is 16.5. The van der Waals surface area contributed by atoms with Crippen LogP contribution in [0.2, 0.25) is 0 Å². The van der Waals surface area contributed by atoms with Gasteiger partial charge in [0.1, 0.15) is 5.92 Å². The van der Waals surface area contributed by atoms with Gasteiger partial charge in [0.15, 0.2) is 0 Å². The molecule has 1 aromatic carbocycles. The molecular weight excluding hydrogens is 266 g/mol. The second kappa shape index (κ2) is 6.74. The molecule has 1 atom stereocenters. The highest BCUT2D eigenvalue weighted by Crippen LogP contribution is 2.29. The Hall–Kier alpha value is -1.84. The van der Waals surface area contributed by atoms with Crippen molar-refractivity contribution in [1.82, 2.24) is 0 Å². The van der Waals surface area contributed by atoms with Gasteiger partial charge in [-0.25, -0.2) is 0 Å². The van der Waals surface area contributed by atoms with Gasteiger partial charge >= 0.3 is 5.97 Å². The first-order chi connectivity index (χ1) is 9.68. The van der Waals surface area contributed by atoms with E-state index in [1.54, 1.807) is 6.92 Å². The quantitative estimate of drug-likeness (QED) is 0.682. The van der Waals surface area contributed by atoms with Gasteiger partial charge in [0.2, 0.25) is 5.91 Å². The van der Waals surface area contributed by atoms with E-state index in [2.05, 4.69) is 5.32 Å². The van der Waals surface area contributed by atoms with Crippen LogP contribution in [-0.4, -0.2) is 18.5 Å². The average Bonchev–Trinajstić information content (AvgIpc) is 2.32. The monoisotopic (exact) mass is 291 g/mol. The number of carbonyl (C=O) groups excluding carboxylic acids is 2. The van der Waals surface area contributed by atoms with E-state index < -0.39 is 17.3 Å². The van der Waals surface area contributed by atoms with Crippen LogP contribution in [0.5, 0.6) is 0 Å². The van der Waals surface area contributed by atoms with Crippen molar-refractivity contribution < 1.29 is 14.3 Å². The first kappa shape index (κ1) is 17.2. The predicted octanol–water partition coefficient (Wildman–Crippen LogP) is 3.47. The van der Waals surface area contributed by atoms with Crippen molar-refractivity contribution in [2.75, 3.05) is 11.9 Å². The number of para-hydroxylation sites is 1. The molecule has 1 aromatic rings. The van der Waals surface area contributed by atoms with Crippen LogP contribution in [0.25, 0.3) is 0 Å². The van der Waals surface area contributed by atoms with E-state index in [-0.39, 0.29) is 12.5 Å². The zero-order valence-corrected chi connectivity index (χ0v) is 13.7. The fourth-order valence-corrected chi connectivity index (χ4v) is 2.29. The number of rotatable bonds is 4. The summed E-state index contributed by atoms with van der Waals surface area (Å²) >= 11 is 0. The predicted molar refractivity (Wildman–Crippen MR) is 84.1 cm³/mol. The zero-order valence-electron chi connectivity index (χ0n) is 13.7. The van der Waals surface area contributed by atoms with Gasteiger partial charge in [-0.05, 0) is 37.3 Å². The van der Waals surface area contributed by atoms with Gasteiger partial charge < -0.3 is 10.1 Å². The second-order valence-corrected chi connectivity index (χ2v) is 6.31. The van der Waals surface area contributed by atoms with Gasteiger partial charge in [-0.1, -0.05) is 39.0 Å². The van der Waals surface area contributed by atoms with Crippen molar-refractivity contribution in [2.24, 2.45) is 11.3 Å². The van der Waals surface area contributed by atoms with Crippen molar-refractivity contribution in [3.63, 3.8) is 0 Å². The van der Waals surface area contributed by atoms with Crippen molar-refractivity contribution in [1.29, 1.82) is 0 Å². The maximum atomic E-state index is 12.6. The molecule has 1 unspecified atom stereocenters. The van der Waals surface area contributed by atoms with E-state index >= 15 is 0 Å². The number of carbonyl (C=O) groups is 2. The summed E-state index contributed by atoms with van der Waals surface area (Å²) in [4.78, 5) is 24.7. The minimum Gasteiger partial charge on any atom is -0.465 e. The Balaban J connectivity index is 3.05. The van der Waals surface area contributed by atoms with Gasteiger partial charge in [0.25, 0.3) is 0 Å². The first-order valence-corrected chi connectivity index (χ1v) is 7.22. The van der Waals surface area contributed by atoms with E-state index in [1.807, 2.05) is 52.8 Å². The molecule has 0 fully saturated rings. The number of esters is 1. The number of benzene rings is 1. The van der Waals surface area contributed by atoms with Gasteiger partial charge in [-0.3, -0.25) is 9.59 Å². The Morgan fingerprint density at radius 2 is 1.71 bits per heavy atom. The number of amides is 1. The molecule has 1 rings (SSSR count). The van der Waals surface area contributed by atoms with Crippen LogP contribution in [0.15, 0.2) is 18.2 Å². The molecule has 0 radical (unpaired) electrons. The molecule has 0 aromatic heterocycles. The summed E-state index contributed by atoms with van der Waals surface area (Å²) in [5.74, 6) is -1.64. The van der Waals surface area contributed by atoms with E-state index in [4.69, 9.17) is 4.74 Å². The summed E-state index contributed by atoms with van der Waals surface area (Å²) in [5, 5.41) is 2.88. The van der Waals surface area contributed by atoms with E-state index in [0.29, 0.717) is 0 Å². The highest BCUT2D eigenvalue weighted by molar-refractivity contribution is 6.06. The Morgan fingerprint density at radius 1 is 1.19 bits per heavy atom. The lowest BCUT2D eigenvalue weighted by atomic mass is 9.80. The molecule has 0 aliphatic heterocycles. The second-order valence-electron chi connectivity index (χ2n) is 6.31. The molecule has 0 aliphatic rings. The molecular formula is C17H25NO3. The number of hydrogen-bond acceptors (Lipinski definition) is 3. The summed E-state index contributed by atoms with van der Waals surface area (Å²) in [7, 11) is 0.